The van der Waals surface area contributed by atoms with Gasteiger partial charge in [-0.3, -0.25) is 9.59 Å². The molecule has 1 aliphatic rings. The van der Waals surface area contributed by atoms with Gasteiger partial charge in [-0.05, 0) is 6.07 Å². The van der Waals surface area contributed by atoms with Crippen LogP contribution in [0.5, 0.6) is 0 Å². The van der Waals surface area contributed by atoms with E-state index in [0.29, 0.717) is 0 Å². The highest BCUT2D eigenvalue weighted by molar-refractivity contribution is 6.62. The minimum absolute atomic E-state index is 0.108. The number of carbonyl (C=O) groups excluding carboxylic acids is 3. The molecule has 0 heterocycles. The third kappa shape index (κ3) is 2.23. The van der Waals surface area contributed by atoms with Crippen molar-refractivity contribution in [1.29, 1.82) is 0 Å². The Hall–Kier alpha value is -3.21. The second-order valence-electron chi connectivity index (χ2n) is 4.96. The first-order chi connectivity index (χ1) is 11.1. The smallest absolute Gasteiger partial charge is 0.338 e. The molecule has 2 aromatic carbocycles. The lowest BCUT2D eigenvalue weighted by molar-refractivity contribution is -0.110. The Balaban J connectivity index is 2.31. The number of hydrogen-bond donors (Lipinski definition) is 1. The fourth-order valence-electron chi connectivity index (χ4n) is 2.60. The van der Waals surface area contributed by atoms with Gasteiger partial charge in [0.15, 0.2) is 0 Å². The average molecular weight is 308 g/mol. The van der Waals surface area contributed by atoms with E-state index in [4.69, 9.17) is 4.74 Å². The summed E-state index contributed by atoms with van der Waals surface area (Å²) in [4.78, 5) is 36.6. The molecule has 0 saturated heterocycles. The number of methoxy groups -OCH3 is 1. The van der Waals surface area contributed by atoms with Gasteiger partial charge in [0.1, 0.15) is 5.76 Å². The van der Waals surface area contributed by atoms with E-state index in [1.54, 1.807) is 30.3 Å². The van der Waals surface area contributed by atoms with Crippen molar-refractivity contribution in [2.45, 2.75) is 0 Å². The molecule has 114 valence electrons. The van der Waals surface area contributed by atoms with Crippen molar-refractivity contribution in [2.24, 2.45) is 0 Å². The molecular formula is C18H12O5. The number of aliphatic hydroxyl groups excluding tert-OH is 1. The molecule has 0 amide bonds. The second-order valence-corrected chi connectivity index (χ2v) is 4.96. The van der Waals surface area contributed by atoms with Gasteiger partial charge >= 0.3 is 5.97 Å². The minimum Gasteiger partial charge on any atom is -0.506 e. The van der Waals surface area contributed by atoms with Gasteiger partial charge in [0.05, 0.1) is 18.2 Å². The molecule has 5 heteroatoms. The standard InChI is InChI=1S/C18H12O5/c1-23-18(22)13-9-5-2-6-10(13)14-15(19)11-7-3-4-8-12(11)16(20)17(14)21/h2-9,19H,1H3. The van der Waals surface area contributed by atoms with E-state index in [-0.39, 0.29) is 33.6 Å². The van der Waals surface area contributed by atoms with Crippen molar-refractivity contribution >= 4 is 28.9 Å². The summed E-state index contributed by atoms with van der Waals surface area (Å²) < 4.78 is 4.70. The van der Waals surface area contributed by atoms with E-state index in [1.807, 2.05) is 0 Å². The molecule has 0 saturated carbocycles. The normalized spacial score (nSPS) is 13.8. The van der Waals surface area contributed by atoms with E-state index in [0.717, 1.165) is 0 Å². The molecule has 0 aromatic heterocycles. The SMILES string of the molecule is COC(=O)c1ccccc1C1=C(O)c2ccccc2C(=O)C1=O. The molecule has 0 unspecified atom stereocenters. The first-order valence-electron chi connectivity index (χ1n) is 6.85. The Morgan fingerprint density at radius 2 is 1.43 bits per heavy atom. The second kappa shape index (κ2) is 5.53. The number of rotatable bonds is 2. The molecule has 0 fully saturated rings. The van der Waals surface area contributed by atoms with Crippen LogP contribution in [-0.4, -0.2) is 29.8 Å². The summed E-state index contributed by atoms with van der Waals surface area (Å²) in [6, 6.07) is 12.5. The van der Waals surface area contributed by atoms with E-state index in [2.05, 4.69) is 0 Å². The highest BCUT2D eigenvalue weighted by Gasteiger charge is 2.35. The predicted octanol–water partition coefficient (Wildman–Crippen LogP) is 2.66. The number of allylic oxidation sites excluding steroid dienone is 1. The highest BCUT2D eigenvalue weighted by atomic mass is 16.5. The van der Waals surface area contributed by atoms with Crippen molar-refractivity contribution in [2.75, 3.05) is 7.11 Å². The van der Waals surface area contributed by atoms with Crippen LogP contribution in [0, 0.1) is 0 Å². The number of aliphatic hydroxyl groups is 1. The fraction of sp³-hybridized carbons (Fsp3) is 0.0556. The lowest BCUT2D eigenvalue weighted by atomic mass is 9.84. The van der Waals surface area contributed by atoms with Crippen LogP contribution >= 0.6 is 0 Å². The minimum atomic E-state index is -0.849. The number of ether oxygens (including phenoxy) is 1. The highest BCUT2D eigenvalue weighted by Crippen LogP contribution is 2.34. The van der Waals surface area contributed by atoms with Gasteiger partial charge in [0, 0.05) is 16.7 Å². The van der Waals surface area contributed by atoms with Crippen LogP contribution in [0.3, 0.4) is 0 Å². The van der Waals surface area contributed by atoms with Crippen LogP contribution < -0.4 is 0 Å². The molecule has 1 N–H and O–H groups in total. The average Bonchev–Trinajstić information content (AvgIpc) is 2.60. The van der Waals surface area contributed by atoms with Crippen molar-refractivity contribution < 1.29 is 24.2 Å². The zero-order valence-electron chi connectivity index (χ0n) is 12.2. The maximum Gasteiger partial charge on any atom is 0.338 e. The summed E-state index contributed by atoms with van der Waals surface area (Å²) in [6.45, 7) is 0. The quantitative estimate of drug-likeness (QED) is 0.681. The van der Waals surface area contributed by atoms with E-state index >= 15 is 0 Å². The molecular weight excluding hydrogens is 296 g/mol. The molecule has 1 aliphatic carbocycles. The number of benzene rings is 2. The first-order valence-corrected chi connectivity index (χ1v) is 6.85. The molecule has 3 rings (SSSR count). The molecule has 0 atom stereocenters. The van der Waals surface area contributed by atoms with Crippen LogP contribution in [0.25, 0.3) is 11.3 Å². The fourth-order valence-corrected chi connectivity index (χ4v) is 2.60. The van der Waals surface area contributed by atoms with Gasteiger partial charge in [-0.15, -0.1) is 0 Å². The monoisotopic (exact) mass is 308 g/mol. The summed E-state index contributed by atoms with van der Waals surface area (Å²) in [5.41, 5.74) is 0.512. The summed E-state index contributed by atoms with van der Waals surface area (Å²) in [7, 11) is 1.22. The van der Waals surface area contributed by atoms with Crippen molar-refractivity contribution in [3.05, 3.63) is 70.8 Å². The van der Waals surface area contributed by atoms with Crippen LogP contribution in [0.4, 0.5) is 0 Å². The zero-order chi connectivity index (χ0) is 16.6. The van der Waals surface area contributed by atoms with Gasteiger partial charge < -0.3 is 9.84 Å². The predicted molar refractivity (Wildman–Crippen MR) is 83.0 cm³/mol. The summed E-state index contributed by atoms with van der Waals surface area (Å²) in [5, 5.41) is 10.5. The van der Waals surface area contributed by atoms with Gasteiger partial charge in [-0.25, -0.2) is 4.79 Å². The molecule has 0 radical (unpaired) electrons. The molecule has 2 aromatic rings. The Morgan fingerprint density at radius 1 is 0.870 bits per heavy atom. The number of ketones is 2. The molecule has 0 spiro atoms. The summed E-state index contributed by atoms with van der Waals surface area (Å²) >= 11 is 0. The van der Waals surface area contributed by atoms with Crippen LogP contribution in [0.15, 0.2) is 48.5 Å². The number of esters is 1. The van der Waals surface area contributed by atoms with E-state index in [9.17, 15) is 19.5 Å². The Morgan fingerprint density at radius 3 is 2.09 bits per heavy atom. The zero-order valence-corrected chi connectivity index (χ0v) is 12.2. The van der Waals surface area contributed by atoms with Gasteiger partial charge in [-0.1, -0.05) is 42.5 Å². The Kier molecular flexibility index (Phi) is 3.54. The summed E-state index contributed by atoms with van der Waals surface area (Å²) in [6.07, 6.45) is 0. The maximum atomic E-state index is 12.4. The van der Waals surface area contributed by atoms with Crippen LogP contribution in [0.1, 0.15) is 31.8 Å². The van der Waals surface area contributed by atoms with Gasteiger partial charge in [0.25, 0.3) is 0 Å². The lowest BCUT2D eigenvalue weighted by Gasteiger charge is -2.19. The summed E-state index contributed by atoms with van der Waals surface area (Å²) in [5.74, 6) is -2.54. The number of fused-ring (bicyclic) bond motifs is 1. The van der Waals surface area contributed by atoms with Gasteiger partial charge in [-0.2, -0.15) is 0 Å². The molecule has 5 nitrogen and oxygen atoms in total. The van der Waals surface area contributed by atoms with E-state index in [1.165, 1.54) is 25.3 Å². The topological polar surface area (TPSA) is 80.7 Å². The lowest BCUT2D eigenvalue weighted by Crippen LogP contribution is -2.24. The van der Waals surface area contributed by atoms with E-state index < -0.39 is 17.5 Å². The van der Waals surface area contributed by atoms with Crippen LogP contribution in [0.2, 0.25) is 0 Å². The largest absolute Gasteiger partial charge is 0.506 e. The third-order valence-electron chi connectivity index (χ3n) is 3.70. The van der Waals surface area contributed by atoms with Crippen molar-refractivity contribution in [3.8, 4) is 0 Å². The molecule has 0 aliphatic heterocycles. The molecule has 23 heavy (non-hydrogen) atoms. The Labute approximate surface area is 131 Å². The number of Topliss-reactive ketones (excluding diaryl/α,β-unsaturated/α-hetero) is 2. The first kappa shape index (κ1) is 14.7. The van der Waals surface area contributed by atoms with Gasteiger partial charge in [0.2, 0.25) is 11.6 Å². The number of hydrogen-bond acceptors (Lipinski definition) is 5. The number of carbonyl (C=O) groups is 3. The Bertz CT molecular complexity index is 876. The van der Waals surface area contributed by atoms with Crippen molar-refractivity contribution in [3.63, 3.8) is 0 Å². The molecule has 0 bridgehead atoms. The maximum absolute atomic E-state index is 12.4. The van der Waals surface area contributed by atoms with Crippen LogP contribution in [-0.2, 0) is 9.53 Å². The van der Waals surface area contributed by atoms with Crippen molar-refractivity contribution in [1.82, 2.24) is 0 Å². The third-order valence-corrected chi connectivity index (χ3v) is 3.70.